The van der Waals surface area contributed by atoms with Crippen LogP contribution in [0, 0.1) is 30.9 Å². The fourth-order valence-corrected chi connectivity index (χ4v) is 3.78. The van der Waals surface area contributed by atoms with Gasteiger partial charge in [0.1, 0.15) is 5.69 Å². The van der Waals surface area contributed by atoms with E-state index in [4.69, 9.17) is 6.42 Å². The van der Waals surface area contributed by atoms with E-state index >= 15 is 0 Å². The molecule has 26 heavy (non-hydrogen) atoms. The first-order valence-corrected chi connectivity index (χ1v) is 8.67. The van der Waals surface area contributed by atoms with Crippen LogP contribution in [-0.4, -0.2) is 15.2 Å². The number of terminal acetylenes is 1. The van der Waals surface area contributed by atoms with E-state index in [9.17, 15) is 18.4 Å². The van der Waals surface area contributed by atoms with Gasteiger partial charge in [-0.2, -0.15) is 0 Å². The molecule has 0 aliphatic heterocycles. The Balaban J connectivity index is 2.12. The van der Waals surface area contributed by atoms with Crippen molar-refractivity contribution in [2.45, 2.75) is 26.7 Å². The van der Waals surface area contributed by atoms with Gasteiger partial charge in [-0.15, -0.1) is 17.8 Å². The van der Waals surface area contributed by atoms with Crippen molar-refractivity contribution in [1.29, 1.82) is 0 Å². The first-order chi connectivity index (χ1) is 12.3. The molecule has 0 N–H and O–H groups in total. The van der Waals surface area contributed by atoms with Crippen molar-refractivity contribution in [3.05, 3.63) is 67.6 Å². The number of aryl methyl sites for hydroxylation is 1. The predicted molar refractivity (Wildman–Crippen MR) is 95.8 cm³/mol. The Morgan fingerprint density at radius 2 is 2.00 bits per heavy atom. The van der Waals surface area contributed by atoms with Crippen molar-refractivity contribution in [2.75, 3.05) is 0 Å². The molecule has 0 saturated heterocycles. The maximum Gasteiger partial charge on any atom is 0.259 e. The van der Waals surface area contributed by atoms with Crippen LogP contribution in [0.1, 0.15) is 45.5 Å². The van der Waals surface area contributed by atoms with Crippen LogP contribution in [0.2, 0.25) is 0 Å². The van der Waals surface area contributed by atoms with Gasteiger partial charge in [0, 0.05) is 29.3 Å². The molecule has 2 heterocycles. The van der Waals surface area contributed by atoms with Gasteiger partial charge in [-0.3, -0.25) is 9.59 Å². The van der Waals surface area contributed by atoms with Gasteiger partial charge in [0.05, 0.1) is 5.69 Å². The van der Waals surface area contributed by atoms with Crippen LogP contribution in [0.5, 0.6) is 0 Å². The minimum absolute atomic E-state index is 0.0798. The van der Waals surface area contributed by atoms with Crippen LogP contribution in [0.15, 0.2) is 23.0 Å². The number of carbonyl (C=O) groups is 1. The number of nitrogens with zero attached hydrogens (tertiary/aromatic N) is 2. The highest BCUT2D eigenvalue weighted by Crippen LogP contribution is 2.22. The number of thiazole rings is 1. The van der Waals surface area contributed by atoms with E-state index in [0.29, 0.717) is 26.8 Å². The number of halogens is 2. The third-order valence-corrected chi connectivity index (χ3v) is 4.96. The van der Waals surface area contributed by atoms with Crippen molar-refractivity contribution >= 4 is 22.1 Å². The topological polar surface area (TPSA) is 51.4 Å². The number of carbonyl (C=O) groups excluding carboxylic acids is 1. The molecule has 0 aliphatic carbocycles. The Labute approximate surface area is 152 Å². The minimum Gasteiger partial charge on any atom is -0.292 e. The Bertz CT molecular complexity index is 1140. The first-order valence-electron chi connectivity index (χ1n) is 7.85. The third kappa shape index (κ3) is 3.04. The number of ketones is 1. The van der Waals surface area contributed by atoms with Crippen LogP contribution in [0.3, 0.4) is 0 Å². The molecule has 3 aromatic rings. The van der Waals surface area contributed by atoms with Crippen LogP contribution < -0.4 is 5.56 Å². The highest BCUT2D eigenvalue weighted by atomic mass is 32.1. The van der Waals surface area contributed by atoms with Crippen molar-refractivity contribution in [2.24, 2.45) is 0 Å². The van der Waals surface area contributed by atoms with Gasteiger partial charge in [-0.1, -0.05) is 12.8 Å². The number of hydrogen-bond acceptors (Lipinski definition) is 4. The summed E-state index contributed by atoms with van der Waals surface area (Å²) in [6, 6.07) is 3.25. The van der Waals surface area contributed by atoms with E-state index in [1.54, 1.807) is 13.8 Å². The SMILES string of the molecule is C#Cc1cc(F)c(F)cc1Cc1cc(=O)n2c(C(=O)CC)c(C)sc2n1. The van der Waals surface area contributed by atoms with Crippen molar-refractivity contribution in [3.63, 3.8) is 0 Å². The number of rotatable bonds is 4. The summed E-state index contributed by atoms with van der Waals surface area (Å²) in [5, 5.41) is 0. The van der Waals surface area contributed by atoms with Gasteiger partial charge < -0.3 is 0 Å². The lowest BCUT2D eigenvalue weighted by molar-refractivity contribution is 0.0982. The third-order valence-electron chi connectivity index (χ3n) is 4.00. The van der Waals surface area contributed by atoms with Gasteiger partial charge in [0.25, 0.3) is 5.56 Å². The zero-order chi connectivity index (χ0) is 19.0. The van der Waals surface area contributed by atoms with Gasteiger partial charge >= 0.3 is 0 Å². The van der Waals surface area contributed by atoms with Crippen molar-refractivity contribution in [1.82, 2.24) is 9.38 Å². The molecule has 1 aromatic carbocycles. The Hall–Kier alpha value is -2.85. The van der Waals surface area contributed by atoms with Crippen LogP contribution >= 0.6 is 11.3 Å². The molecule has 0 amide bonds. The molecule has 0 fully saturated rings. The molecule has 4 nitrogen and oxygen atoms in total. The molecule has 0 spiro atoms. The normalized spacial score (nSPS) is 10.9. The average Bonchev–Trinajstić information content (AvgIpc) is 2.93. The average molecular weight is 372 g/mol. The fourth-order valence-electron chi connectivity index (χ4n) is 2.77. The molecule has 0 atom stereocenters. The number of aromatic nitrogens is 2. The second-order valence-electron chi connectivity index (χ2n) is 5.73. The number of hydrogen-bond donors (Lipinski definition) is 0. The maximum atomic E-state index is 13.5. The standard InChI is InChI=1S/C19H14F2N2O2S/c1-4-11-7-14(20)15(21)8-12(11)6-13-9-17(25)23-18(16(24)5-2)10(3)26-19(23)22-13/h1,7-9H,5-6H2,2-3H3. The lowest BCUT2D eigenvalue weighted by atomic mass is 10.0. The van der Waals surface area contributed by atoms with E-state index in [2.05, 4.69) is 10.9 Å². The zero-order valence-electron chi connectivity index (χ0n) is 14.1. The van der Waals surface area contributed by atoms with E-state index in [1.165, 1.54) is 21.8 Å². The summed E-state index contributed by atoms with van der Waals surface area (Å²) in [7, 11) is 0. The van der Waals surface area contributed by atoms with Gasteiger partial charge in [-0.25, -0.2) is 18.2 Å². The fraction of sp³-hybridized carbons (Fsp3) is 0.211. The summed E-state index contributed by atoms with van der Waals surface area (Å²) in [5.74, 6) is 0.133. The van der Waals surface area contributed by atoms with Gasteiger partial charge in [-0.05, 0) is 24.6 Å². The predicted octanol–water partition coefficient (Wildman–Crippen LogP) is 3.51. The highest BCUT2D eigenvalue weighted by Gasteiger charge is 2.18. The molecule has 0 radical (unpaired) electrons. The zero-order valence-corrected chi connectivity index (χ0v) is 14.9. The molecule has 2 aromatic heterocycles. The summed E-state index contributed by atoms with van der Waals surface area (Å²) in [4.78, 5) is 30.1. The Kier molecular flexibility index (Phi) is 4.70. The van der Waals surface area contributed by atoms with Crippen LogP contribution in [0.4, 0.5) is 8.78 Å². The summed E-state index contributed by atoms with van der Waals surface area (Å²) in [5.41, 5.74) is 0.884. The van der Waals surface area contributed by atoms with E-state index in [0.717, 1.165) is 12.1 Å². The summed E-state index contributed by atoms with van der Waals surface area (Å²) in [6.07, 6.45) is 5.71. The van der Waals surface area contributed by atoms with Crippen molar-refractivity contribution < 1.29 is 13.6 Å². The molecule has 0 saturated carbocycles. The van der Waals surface area contributed by atoms with Gasteiger partial charge in [0.15, 0.2) is 22.4 Å². The summed E-state index contributed by atoms with van der Waals surface area (Å²) < 4.78 is 28.2. The number of Topliss-reactive ketones (excluding diaryl/α,β-unsaturated/α-hetero) is 1. The quantitative estimate of drug-likeness (QED) is 0.520. The molecule has 132 valence electrons. The smallest absolute Gasteiger partial charge is 0.259 e. The molecule has 0 bridgehead atoms. The van der Waals surface area contributed by atoms with E-state index < -0.39 is 17.2 Å². The molecule has 3 rings (SSSR count). The number of benzene rings is 1. The van der Waals surface area contributed by atoms with E-state index in [-0.39, 0.29) is 24.2 Å². The van der Waals surface area contributed by atoms with Gasteiger partial charge in [0.2, 0.25) is 0 Å². The molecule has 0 unspecified atom stereocenters. The maximum absolute atomic E-state index is 13.5. The molecular weight excluding hydrogens is 358 g/mol. The lowest BCUT2D eigenvalue weighted by Gasteiger charge is -2.06. The molecular formula is C19H14F2N2O2S. The number of fused-ring (bicyclic) bond motifs is 1. The van der Waals surface area contributed by atoms with Crippen LogP contribution in [-0.2, 0) is 6.42 Å². The van der Waals surface area contributed by atoms with Crippen LogP contribution in [0.25, 0.3) is 4.96 Å². The monoisotopic (exact) mass is 372 g/mol. The summed E-state index contributed by atoms with van der Waals surface area (Å²) >= 11 is 1.23. The second-order valence-corrected chi connectivity index (χ2v) is 6.91. The lowest BCUT2D eigenvalue weighted by Crippen LogP contribution is -2.19. The molecule has 7 heteroatoms. The second kappa shape index (κ2) is 6.81. The van der Waals surface area contributed by atoms with Crippen molar-refractivity contribution in [3.8, 4) is 12.3 Å². The largest absolute Gasteiger partial charge is 0.292 e. The Morgan fingerprint density at radius 3 is 2.65 bits per heavy atom. The van der Waals surface area contributed by atoms with E-state index in [1.807, 2.05) is 0 Å². The summed E-state index contributed by atoms with van der Waals surface area (Å²) in [6.45, 7) is 3.48. The molecule has 0 aliphatic rings. The highest BCUT2D eigenvalue weighted by molar-refractivity contribution is 7.17. The Morgan fingerprint density at radius 1 is 1.31 bits per heavy atom. The minimum atomic E-state index is -1.03. The first kappa shape index (κ1) is 18.0.